The molecular weight excluding hydrogens is 166 g/mol. The number of hydrogen-bond donors (Lipinski definition) is 0. The molecule has 0 radical (unpaired) electrons. The van der Waals surface area contributed by atoms with Crippen molar-refractivity contribution in [3.63, 3.8) is 0 Å². The fraction of sp³-hybridized carbons (Fsp3) is 0.200. The molecule has 3 nitrogen and oxygen atoms in total. The Balaban J connectivity index is 2.91. The van der Waals surface area contributed by atoms with Gasteiger partial charge in [-0.1, -0.05) is 6.07 Å². The highest BCUT2D eigenvalue weighted by atomic mass is 16.5. The summed E-state index contributed by atoms with van der Waals surface area (Å²) >= 11 is 0. The van der Waals surface area contributed by atoms with Crippen molar-refractivity contribution in [1.29, 1.82) is 0 Å². The van der Waals surface area contributed by atoms with Gasteiger partial charge < -0.3 is 4.74 Å². The lowest BCUT2D eigenvalue weighted by Gasteiger charge is -2.02. The first-order chi connectivity index (χ1) is 6.27. The third kappa shape index (κ3) is 2.40. The van der Waals surface area contributed by atoms with Crippen molar-refractivity contribution >= 4 is 12.6 Å². The summed E-state index contributed by atoms with van der Waals surface area (Å²) in [4.78, 5) is 14.4. The number of ether oxygens (including phenoxy) is 1. The SMILES string of the molecule is C=NC(=O)c1cccc(OCC)c1. The summed E-state index contributed by atoms with van der Waals surface area (Å²) < 4.78 is 5.23. The number of carbonyl (C=O) groups excluding carboxylic acids is 1. The molecule has 0 saturated heterocycles. The van der Waals surface area contributed by atoms with Crippen molar-refractivity contribution in [3.8, 4) is 5.75 Å². The predicted molar refractivity (Wildman–Crippen MR) is 51.5 cm³/mol. The van der Waals surface area contributed by atoms with E-state index in [9.17, 15) is 4.79 Å². The zero-order valence-electron chi connectivity index (χ0n) is 7.49. The fourth-order valence-corrected chi connectivity index (χ4v) is 0.977. The van der Waals surface area contributed by atoms with Crippen molar-refractivity contribution < 1.29 is 9.53 Å². The lowest BCUT2D eigenvalue weighted by molar-refractivity contribution is 0.100. The van der Waals surface area contributed by atoms with Crippen LogP contribution in [0.2, 0.25) is 0 Å². The van der Waals surface area contributed by atoms with Crippen LogP contribution in [0.15, 0.2) is 29.3 Å². The smallest absolute Gasteiger partial charge is 0.276 e. The van der Waals surface area contributed by atoms with E-state index in [0.717, 1.165) is 0 Å². The largest absolute Gasteiger partial charge is 0.494 e. The molecule has 0 atom stereocenters. The number of aliphatic imine (C=N–C) groups is 1. The van der Waals surface area contributed by atoms with E-state index in [0.29, 0.717) is 17.9 Å². The monoisotopic (exact) mass is 177 g/mol. The summed E-state index contributed by atoms with van der Waals surface area (Å²) in [5.41, 5.74) is 0.501. The van der Waals surface area contributed by atoms with Crippen LogP contribution in [0.5, 0.6) is 5.75 Å². The second-order valence-corrected chi connectivity index (χ2v) is 2.42. The van der Waals surface area contributed by atoms with E-state index >= 15 is 0 Å². The summed E-state index contributed by atoms with van der Waals surface area (Å²) in [6, 6.07) is 6.88. The van der Waals surface area contributed by atoms with Crippen LogP contribution < -0.4 is 4.74 Å². The van der Waals surface area contributed by atoms with Crippen molar-refractivity contribution in [2.75, 3.05) is 6.61 Å². The normalized spacial score (nSPS) is 9.31. The molecule has 0 unspecified atom stereocenters. The molecule has 0 aliphatic carbocycles. The molecule has 0 bridgehead atoms. The minimum atomic E-state index is -0.332. The van der Waals surface area contributed by atoms with Gasteiger partial charge >= 0.3 is 0 Å². The van der Waals surface area contributed by atoms with E-state index in [1.165, 1.54) is 0 Å². The van der Waals surface area contributed by atoms with E-state index in [4.69, 9.17) is 4.74 Å². The highest BCUT2D eigenvalue weighted by Gasteiger charge is 2.02. The van der Waals surface area contributed by atoms with Crippen molar-refractivity contribution in [2.45, 2.75) is 6.92 Å². The van der Waals surface area contributed by atoms with Gasteiger partial charge in [0.15, 0.2) is 0 Å². The highest BCUT2D eigenvalue weighted by molar-refractivity contribution is 5.97. The molecule has 0 saturated carbocycles. The standard InChI is InChI=1S/C10H11NO2/c1-3-13-9-6-4-5-8(7-9)10(12)11-2/h4-7H,2-3H2,1H3. The Morgan fingerprint density at radius 3 is 3.00 bits per heavy atom. The van der Waals surface area contributed by atoms with Gasteiger partial charge in [-0.3, -0.25) is 4.79 Å². The number of nitrogens with zero attached hydrogens (tertiary/aromatic N) is 1. The molecule has 0 aliphatic heterocycles. The Kier molecular flexibility index (Phi) is 3.20. The molecule has 0 aliphatic rings. The summed E-state index contributed by atoms with van der Waals surface area (Å²) in [6.45, 7) is 5.64. The van der Waals surface area contributed by atoms with Gasteiger partial charge in [-0.15, -0.1) is 0 Å². The third-order valence-electron chi connectivity index (χ3n) is 1.54. The summed E-state index contributed by atoms with van der Waals surface area (Å²) in [5.74, 6) is 0.346. The van der Waals surface area contributed by atoms with Crippen LogP contribution in [0.1, 0.15) is 17.3 Å². The molecule has 0 aromatic heterocycles. The van der Waals surface area contributed by atoms with E-state index in [-0.39, 0.29) is 5.91 Å². The maximum atomic E-state index is 11.1. The van der Waals surface area contributed by atoms with Crippen LogP contribution in [-0.2, 0) is 0 Å². The number of benzene rings is 1. The minimum absolute atomic E-state index is 0.332. The van der Waals surface area contributed by atoms with Crippen molar-refractivity contribution in [1.82, 2.24) is 0 Å². The Hall–Kier alpha value is -1.64. The van der Waals surface area contributed by atoms with Crippen LogP contribution in [0.4, 0.5) is 0 Å². The van der Waals surface area contributed by atoms with Gasteiger partial charge in [0.05, 0.1) is 6.61 Å². The zero-order chi connectivity index (χ0) is 9.68. The van der Waals surface area contributed by atoms with Gasteiger partial charge in [-0.25, -0.2) is 4.99 Å². The summed E-state index contributed by atoms with van der Waals surface area (Å²) in [5, 5.41) is 0. The topological polar surface area (TPSA) is 38.7 Å². The quantitative estimate of drug-likeness (QED) is 0.661. The lowest BCUT2D eigenvalue weighted by Crippen LogP contribution is -1.96. The Morgan fingerprint density at radius 2 is 2.38 bits per heavy atom. The van der Waals surface area contributed by atoms with Gasteiger partial charge in [0.25, 0.3) is 5.91 Å². The van der Waals surface area contributed by atoms with Crippen LogP contribution in [0.3, 0.4) is 0 Å². The van der Waals surface area contributed by atoms with Gasteiger partial charge in [0, 0.05) is 5.56 Å². The van der Waals surface area contributed by atoms with Crippen LogP contribution in [-0.4, -0.2) is 19.2 Å². The number of hydrogen-bond acceptors (Lipinski definition) is 2. The average molecular weight is 177 g/mol. The molecule has 1 amide bonds. The van der Waals surface area contributed by atoms with Crippen LogP contribution in [0, 0.1) is 0 Å². The maximum absolute atomic E-state index is 11.1. The molecule has 3 heteroatoms. The first-order valence-electron chi connectivity index (χ1n) is 4.02. The van der Waals surface area contributed by atoms with E-state index in [1.807, 2.05) is 6.92 Å². The van der Waals surface area contributed by atoms with Gasteiger partial charge in [0.2, 0.25) is 0 Å². The second kappa shape index (κ2) is 4.40. The molecular formula is C10H11NO2. The first kappa shape index (κ1) is 9.45. The molecule has 0 spiro atoms. The number of rotatable bonds is 3. The van der Waals surface area contributed by atoms with Crippen LogP contribution in [0.25, 0.3) is 0 Å². The first-order valence-corrected chi connectivity index (χ1v) is 4.02. The van der Waals surface area contributed by atoms with Crippen molar-refractivity contribution in [2.24, 2.45) is 4.99 Å². The second-order valence-electron chi connectivity index (χ2n) is 2.42. The molecule has 1 aromatic rings. The molecule has 13 heavy (non-hydrogen) atoms. The third-order valence-corrected chi connectivity index (χ3v) is 1.54. The van der Waals surface area contributed by atoms with Gasteiger partial charge in [-0.2, -0.15) is 0 Å². The molecule has 0 heterocycles. The molecule has 0 fully saturated rings. The minimum Gasteiger partial charge on any atom is -0.494 e. The summed E-state index contributed by atoms with van der Waals surface area (Å²) in [7, 11) is 0. The average Bonchev–Trinajstić information content (AvgIpc) is 2.18. The summed E-state index contributed by atoms with van der Waals surface area (Å²) in [6.07, 6.45) is 0. The molecule has 68 valence electrons. The maximum Gasteiger partial charge on any atom is 0.276 e. The predicted octanol–water partition coefficient (Wildman–Crippen LogP) is 1.93. The van der Waals surface area contributed by atoms with E-state index < -0.39 is 0 Å². The van der Waals surface area contributed by atoms with Gasteiger partial charge in [-0.05, 0) is 31.8 Å². The Labute approximate surface area is 77.1 Å². The molecule has 1 aromatic carbocycles. The molecule has 0 N–H and O–H groups in total. The van der Waals surface area contributed by atoms with Gasteiger partial charge in [0.1, 0.15) is 5.75 Å². The van der Waals surface area contributed by atoms with E-state index in [2.05, 4.69) is 11.7 Å². The Bertz CT molecular complexity index is 320. The zero-order valence-corrected chi connectivity index (χ0v) is 7.49. The van der Waals surface area contributed by atoms with Crippen LogP contribution >= 0.6 is 0 Å². The van der Waals surface area contributed by atoms with E-state index in [1.54, 1.807) is 24.3 Å². The fourth-order valence-electron chi connectivity index (χ4n) is 0.977. The number of carbonyl (C=O) groups is 1. The van der Waals surface area contributed by atoms with Crippen molar-refractivity contribution in [3.05, 3.63) is 29.8 Å². The molecule has 1 rings (SSSR count). The lowest BCUT2D eigenvalue weighted by atomic mass is 10.2. The highest BCUT2D eigenvalue weighted by Crippen LogP contribution is 2.13. The number of amides is 1. The Morgan fingerprint density at radius 1 is 1.62 bits per heavy atom.